The molecule has 1 N–H and O–H groups in total. The molecular formula is C9H18O4. The van der Waals surface area contributed by atoms with Crippen LogP contribution in [0.1, 0.15) is 20.3 Å². The average Bonchev–Trinajstić information content (AvgIpc) is 2.18. The van der Waals surface area contributed by atoms with Gasteiger partial charge in [0, 0.05) is 14.2 Å². The van der Waals surface area contributed by atoms with Crippen molar-refractivity contribution in [2.45, 2.75) is 32.7 Å². The van der Waals surface area contributed by atoms with Gasteiger partial charge in [-0.05, 0) is 6.42 Å². The second kappa shape index (κ2) is 5.32. The molecule has 0 aliphatic rings. The van der Waals surface area contributed by atoms with Crippen molar-refractivity contribution in [2.24, 2.45) is 5.41 Å². The lowest BCUT2D eigenvalue weighted by atomic mass is 9.83. The van der Waals surface area contributed by atoms with Crippen LogP contribution in [0.2, 0.25) is 0 Å². The van der Waals surface area contributed by atoms with Crippen molar-refractivity contribution in [2.75, 3.05) is 14.2 Å². The number of methoxy groups -OCH3 is 2. The number of carbonyl (C=O) groups excluding carboxylic acids is 1. The molecule has 0 aromatic heterocycles. The van der Waals surface area contributed by atoms with Crippen molar-refractivity contribution < 1.29 is 19.4 Å². The minimum atomic E-state index is -0.940. The van der Waals surface area contributed by atoms with Crippen LogP contribution in [-0.2, 0) is 14.3 Å². The zero-order chi connectivity index (χ0) is 10.5. The molecule has 2 atom stereocenters. The Labute approximate surface area is 78.8 Å². The van der Waals surface area contributed by atoms with E-state index in [2.05, 4.69) is 0 Å². The monoisotopic (exact) mass is 190 g/mol. The third kappa shape index (κ3) is 2.76. The fourth-order valence-electron chi connectivity index (χ4n) is 1.03. The molecular weight excluding hydrogens is 172 g/mol. The standard InChI is InChI=1S/C9H18O4/c1-5-9(2,6-10)7(11)8(12-3)13-4/h6-8,11H,5H2,1-4H3/t7-,9?/m0/s1. The molecule has 4 heteroatoms. The van der Waals surface area contributed by atoms with Crippen molar-refractivity contribution in [3.05, 3.63) is 0 Å². The number of aliphatic hydroxyl groups excluding tert-OH is 1. The summed E-state index contributed by atoms with van der Waals surface area (Å²) in [4.78, 5) is 10.8. The van der Waals surface area contributed by atoms with E-state index in [1.807, 2.05) is 6.92 Å². The molecule has 0 saturated carbocycles. The van der Waals surface area contributed by atoms with Crippen LogP contribution in [-0.4, -0.2) is 38.0 Å². The molecule has 0 aromatic rings. The first-order valence-electron chi connectivity index (χ1n) is 4.25. The molecule has 0 aromatic carbocycles. The van der Waals surface area contributed by atoms with E-state index in [1.165, 1.54) is 14.2 Å². The molecule has 78 valence electrons. The van der Waals surface area contributed by atoms with E-state index in [4.69, 9.17) is 9.47 Å². The van der Waals surface area contributed by atoms with Gasteiger partial charge in [-0.15, -0.1) is 0 Å². The zero-order valence-corrected chi connectivity index (χ0v) is 8.61. The summed E-state index contributed by atoms with van der Waals surface area (Å²) >= 11 is 0. The van der Waals surface area contributed by atoms with Crippen LogP contribution in [0, 0.1) is 5.41 Å². The first-order chi connectivity index (χ1) is 6.05. The number of hydrogen-bond acceptors (Lipinski definition) is 4. The Bertz CT molecular complexity index is 156. The number of rotatable bonds is 6. The number of hydrogen-bond donors (Lipinski definition) is 1. The SMILES string of the molecule is CCC(C)(C=O)[C@@H](O)C(OC)OC. The Hall–Kier alpha value is -0.450. The van der Waals surface area contributed by atoms with Gasteiger partial charge in [0.15, 0.2) is 6.29 Å². The van der Waals surface area contributed by atoms with Crippen molar-refractivity contribution in [3.8, 4) is 0 Å². The largest absolute Gasteiger partial charge is 0.387 e. The summed E-state index contributed by atoms with van der Waals surface area (Å²) in [5.74, 6) is 0. The Balaban J connectivity index is 4.51. The Morgan fingerprint density at radius 2 is 1.92 bits per heavy atom. The van der Waals surface area contributed by atoms with Crippen LogP contribution < -0.4 is 0 Å². The lowest BCUT2D eigenvalue weighted by molar-refractivity contribution is -0.194. The lowest BCUT2D eigenvalue weighted by Crippen LogP contribution is -2.44. The number of aldehydes is 1. The van der Waals surface area contributed by atoms with E-state index >= 15 is 0 Å². The third-order valence-electron chi connectivity index (χ3n) is 2.43. The highest BCUT2D eigenvalue weighted by atomic mass is 16.7. The van der Waals surface area contributed by atoms with E-state index < -0.39 is 17.8 Å². The van der Waals surface area contributed by atoms with E-state index in [-0.39, 0.29) is 0 Å². The van der Waals surface area contributed by atoms with Gasteiger partial charge >= 0.3 is 0 Å². The number of carbonyl (C=O) groups is 1. The minimum absolute atomic E-state index is 0.543. The second-order valence-electron chi connectivity index (χ2n) is 3.26. The van der Waals surface area contributed by atoms with Crippen molar-refractivity contribution in [3.63, 3.8) is 0 Å². The fourth-order valence-corrected chi connectivity index (χ4v) is 1.03. The fraction of sp³-hybridized carbons (Fsp3) is 0.889. The summed E-state index contributed by atoms with van der Waals surface area (Å²) in [7, 11) is 2.86. The first kappa shape index (κ1) is 12.6. The van der Waals surface area contributed by atoms with Crippen molar-refractivity contribution in [1.29, 1.82) is 0 Å². The van der Waals surface area contributed by atoms with E-state index in [9.17, 15) is 9.90 Å². The second-order valence-corrected chi connectivity index (χ2v) is 3.26. The van der Waals surface area contributed by atoms with Gasteiger partial charge in [-0.1, -0.05) is 13.8 Å². The highest BCUT2D eigenvalue weighted by Gasteiger charge is 2.37. The van der Waals surface area contributed by atoms with Crippen LogP contribution in [0.4, 0.5) is 0 Å². The highest BCUT2D eigenvalue weighted by Crippen LogP contribution is 2.26. The summed E-state index contributed by atoms with van der Waals surface area (Å²) in [5, 5.41) is 9.75. The molecule has 0 rings (SSSR count). The maximum atomic E-state index is 10.8. The lowest BCUT2D eigenvalue weighted by Gasteiger charge is -2.31. The summed E-state index contributed by atoms with van der Waals surface area (Å²) in [5.41, 5.74) is -0.809. The average molecular weight is 190 g/mol. The van der Waals surface area contributed by atoms with Gasteiger partial charge in [-0.3, -0.25) is 0 Å². The molecule has 0 aliphatic heterocycles. The Morgan fingerprint density at radius 1 is 1.46 bits per heavy atom. The van der Waals surface area contributed by atoms with Crippen molar-refractivity contribution >= 4 is 6.29 Å². The van der Waals surface area contributed by atoms with Gasteiger partial charge < -0.3 is 19.4 Å². The highest BCUT2D eigenvalue weighted by molar-refractivity contribution is 5.59. The van der Waals surface area contributed by atoms with E-state index in [0.29, 0.717) is 6.42 Å². The molecule has 1 unspecified atom stereocenters. The molecule has 0 amide bonds. The summed E-state index contributed by atoms with van der Waals surface area (Å²) in [6, 6.07) is 0. The Kier molecular flexibility index (Phi) is 5.13. The van der Waals surface area contributed by atoms with Gasteiger partial charge in [0.2, 0.25) is 0 Å². The summed E-state index contributed by atoms with van der Waals surface area (Å²) < 4.78 is 9.76. The molecule has 0 radical (unpaired) electrons. The molecule has 0 fully saturated rings. The molecule has 13 heavy (non-hydrogen) atoms. The van der Waals surface area contributed by atoms with Crippen LogP contribution in [0.25, 0.3) is 0 Å². The molecule has 0 saturated heterocycles. The van der Waals surface area contributed by atoms with Gasteiger partial charge in [0.05, 0.1) is 5.41 Å². The van der Waals surface area contributed by atoms with Crippen LogP contribution in [0.15, 0.2) is 0 Å². The molecule has 4 nitrogen and oxygen atoms in total. The summed E-state index contributed by atoms with van der Waals surface area (Å²) in [6.07, 6.45) is -0.413. The van der Waals surface area contributed by atoms with Gasteiger partial charge in [-0.2, -0.15) is 0 Å². The topological polar surface area (TPSA) is 55.8 Å². The predicted molar refractivity (Wildman–Crippen MR) is 48.3 cm³/mol. The maximum absolute atomic E-state index is 10.8. The number of ether oxygens (including phenoxy) is 2. The smallest absolute Gasteiger partial charge is 0.183 e. The predicted octanol–water partition coefficient (Wildman–Crippen LogP) is 0.581. The molecule has 0 bridgehead atoms. The number of aliphatic hydroxyl groups is 1. The quantitative estimate of drug-likeness (QED) is 0.491. The third-order valence-corrected chi connectivity index (χ3v) is 2.43. The van der Waals surface area contributed by atoms with Gasteiger partial charge in [0.25, 0.3) is 0 Å². The van der Waals surface area contributed by atoms with Crippen LogP contribution >= 0.6 is 0 Å². The van der Waals surface area contributed by atoms with E-state index in [1.54, 1.807) is 6.92 Å². The van der Waals surface area contributed by atoms with Gasteiger partial charge in [0.1, 0.15) is 12.4 Å². The summed E-state index contributed by atoms with van der Waals surface area (Å²) in [6.45, 7) is 3.51. The molecule has 0 heterocycles. The van der Waals surface area contributed by atoms with Crippen molar-refractivity contribution in [1.82, 2.24) is 0 Å². The van der Waals surface area contributed by atoms with Crippen LogP contribution in [0.5, 0.6) is 0 Å². The zero-order valence-electron chi connectivity index (χ0n) is 8.61. The Morgan fingerprint density at radius 3 is 2.15 bits per heavy atom. The maximum Gasteiger partial charge on any atom is 0.183 e. The van der Waals surface area contributed by atoms with E-state index in [0.717, 1.165) is 6.29 Å². The minimum Gasteiger partial charge on any atom is -0.387 e. The van der Waals surface area contributed by atoms with Crippen LogP contribution in [0.3, 0.4) is 0 Å². The first-order valence-corrected chi connectivity index (χ1v) is 4.25. The normalized spacial score (nSPS) is 18.3. The molecule has 0 spiro atoms. The molecule has 0 aliphatic carbocycles. The van der Waals surface area contributed by atoms with Gasteiger partial charge in [-0.25, -0.2) is 0 Å².